The van der Waals surface area contributed by atoms with Gasteiger partial charge < -0.3 is 19.9 Å². The highest BCUT2D eigenvalue weighted by atomic mass is 16.5. The van der Waals surface area contributed by atoms with Gasteiger partial charge >= 0.3 is 6.03 Å². The number of amides is 3. The number of hydrogen-bond acceptors (Lipinski definition) is 3. The lowest BCUT2D eigenvalue weighted by atomic mass is 10.2. The number of benzene rings is 1. The Hall–Kier alpha value is -2.24. The second-order valence-corrected chi connectivity index (χ2v) is 7.03. The standard InChI is InChI=1S/C19H27N3O3/c1-14-3-5-16(6-4-14)25-12-7-20-19(24)22-10-8-21(9-11-22)18(23)17-13-15(17)2/h3-6,15,17H,7-13H2,1-2H3,(H,20,24)/t15-,17-/m0/s1. The maximum atomic E-state index is 12.2. The molecule has 1 saturated carbocycles. The van der Waals surface area contributed by atoms with E-state index in [4.69, 9.17) is 4.74 Å². The van der Waals surface area contributed by atoms with Crippen LogP contribution >= 0.6 is 0 Å². The quantitative estimate of drug-likeness (QED) is 0.829. The zero-order chi connectivity index (χ0) is 17.8. The number of ether oxygens (including phenoxy) is 1. The van der Waals surface area contributed by atoms with E-state index in [-0.39, 0.29) is 17.9 Å². The molecule has 0 bridgehead atoms. The Morgan fingerprint density at radius 1 is 1.12 bits per heavy atom. The number of nitrogens with zero attached hydrogens (tertiary/aromatic N) is 2. The van der Waals surface area contributed by atoms with E-state index in [9.17, 15) is 9.59 Å². The van der Waals surface area contributed by atoms with E-state index < -0.39 is 0 Å². The van der Waals surface area contributed by atoms with Gasteiger partial charge in [0.05, 0.1) is 6.54 Å². The van der Waals surface area contributed by atoms with Gasteiger partial charge in [0.2, 0.25) is 5.91 Å². The third-order valence-corrected chi connectivity index (χ3v) is 4.97. The summed E-state index contributed by atoms with van der Waals surface area (Å²) in [6, 6.07) is 7.76. The van der Waals surface area contributed by atoms with E-state index in [0.29, 0.717) is 45.2 Å². The summed E-state index contributed by atoms with van der Waals surface area (Å²) >= 11 is 0. The van der Waals surface area contributed by atoms with Crippen LogP contribution in [0.3, 0.4) is 0 Å². The lowest BCUT2D eigenvalue weighted by Gasteiger charge is -2.35. The van der Waals surface area contributed by atoms with Gasteiger partial charge in [0, 0.05) is 32.1 Å². The number of nitrogens with one attached hydrogen (secondary N) is 1. The van der Waals surface area contributed by atoms with Crippen LogP contribution in [0.4, 0.5) is 4.79 Å². The predicted molar refractivity (Wildman–Crippen MR) is 95.5 cm³/mol. The lowest BCUT2D eigenvalue weighted by Crippen LogP contribution is -2.53. The Morgan fingerprint density at radius 3 is 2.32 bits per heavy atom. The molecule has 1 N–H and O–H groups in total. The molecule has 1 aromatic rings. The topological polar surface area (TPSA) is 61.9 Å². The van der Waals surface area contributed by atoms with Crippen LogP contribution in [0.15, 0.2) is 24.3 Å². The van der Waals surface area contributed by atoms with E-state index in [2.05, 4.69) is 12.2 Å². The van der Waals surface area contributed by atoms with Crippen molar-refractivity contribution in [3.63, 3.8) is 0 Å². The Kier molecular flexibility index (Phi) is 5.46. The minimum absolute atomic E-state index is 0.0839. The average molecular weight is 345 g/mol. The van der Waals surface area contributed by atoms with Crippen molar-refractivity contribution in [2.45, 2.75) is 20.3 Å². The maximum Gasteiger partial charge on any atom is 0.317 e. The molecule has 0 unspecified atom stereocenters. The first kappa shape index (κ1) is 17.6. The number of piperazine rings is 1. The molecule has 0 radical (unpaired) electrons. The van der Waals surface area contributed by atoms with Crippen LogP contribution in [0, 0.1) is 18.8 Å². The van der Waals surface area contributed by atoms with Crippen LogP contribution in [-0.2, 0) is 4.79 Å². The molecule has 3 amide bonds. The summed E-state index contributed by atoms with van der Waals surface area (Å²) in [5.74, 6) is 1.82. The molecule has 6 nitrogen and oxygen atoms in total. The third-order valence-electron chi connectivity index (χ3n) is 4.97. The predicted octanol–water partition coefficient (Wildman–Crippen LogP) is 1.88. The van der Waals surface area contributed by atoms with E-state index in [1.807, 2.05) is 36.1 Å². The van der Waals surface area contributed by atoms with Crippen molar-refractivity contribution in [1.82, 2.24) is 15.1 Å². The second-order valence-electron chi connectivity index (χ2n) is 7.03. The number of rotatable bonds is 5. The minimum Gasteiger partial charge on any atom is -0.492 e. The first-order chi connectivity index (χ1) is 12.0. The largest absolute Gasteiger partial charge is 0.492 e. The van der Waals surface area contributed by atoms with Crippen LogP contribution in [0.2, 0.25) is 0 Å². The monoisotopic (exact) mass is 345 g/mol. The summed E-state index contributed by atoms with van der Waals surface area (Å²) in [5, 5.41) is 2.88. The molecule has 1 heterocycles. The van der Waals surface area contributed by atoms with Gasteiger partial charge in [-0.2, -0.15) is 0 Å². The molecule has 0 aromatic heterocycles. The fourth-order valence-corrected chi connectivity index (χ4v) is 3.10. The van der Waals surface area contributed by atoms with E-state index in [1.165, 1.54) is 5.56 Å². The van der Waals surface area contributed by atoms with Crippen LogP contribution < -0.4 is 10.1 Å². The van der Waals surface area contributed by atoms with Gasteiger partial charge in [-0.3, -0.25) is 4.79 Å². The SMILES string of the molecule is Cc1ccc(OCCNC(=O)N2CCN(C(=O)[C@H]3C[C@@H]3C)CC2)cc1. The first-order valence-electron chi connectivity index (χ1n) is 9.05. The van der Waals surface area contributed by atoms with Gasteiger partial charge in [0.25, 0.3) is 0 Å². The molecule has 1 aliphatic heterocycles. The van der Waals surface area contributed by atoms with Crippen molar-refractivity contribution < 1.29 is 14.3 Å². The molecule has 1 aliphatic carbocycles. The molecule has 2 aliphatic rings. The lowest BCUT2D eigenvalue weighted by molar-refractivity contribution is -0.134. The molecule has 1 saturated heterocycles. The van der Waals surface area contributed by atoms with Gasteiger partial charge in [0.15, 0.2) is 0 Å². The van der Waals surface area contributed by atoms with Crippen molar-refractivity contribution in [2.24, 2.45) is 11.8 Å². The van der Waals surface area contributed by atoms with Gasteiger partial charge in [-0.15, -0.1) is 0 Å². The molecule has 25 heavy (non-hydrogen) atoms. The highest BCUT2D eigenvalue weighted by Gasteiger charge is 2.42. The summed E-state index contributed by atoms with van der Waals surface area (Å²) in [4.78, 5) is 28.1. The van der Waals surface area contributed by atoms with Crippen molar-refractivity contribution >= 4 is 11.9 Å². The van der Waals surface area contributed by atoms with Gasteiger partial charge in [-0.25, -0.2) is 4.79 Å². The summed E-state index contributed by atoms with van der Waals surface area (Å²) in [6.07, 6.45) is 1.01. The zero-order valence-electron chi connectivity index (χ0n) is 15.0. The van der Waals surface area contributed by atoms with Crippen LogP contribution in [0.1, 0.15) is 18.9 Å². The summed E-state index contributed by atoms with van der Waals surface area (Å²) in [6.45, 7) is 7.51. The molecule has 6 heteroatoms. The molecule has 1 aromatic carbocycles. The number of carbonyl (C=O) groups excluding carboxylic acids is 2. The summed E-state index contributed by atoms with van der Waals surface area (Å²) in [7, 11) is 0. The van der Waals surface area contributed by atoms with Crippen molar-refractivity contribution in [2.75, 3.05) is 39.3 Å². The Morgan fingerprint density at radius 2 is 1.72 bits per heavy atom. The summed E-state index contributed by atoms with van der Waals surface area (Å²) < 4.78 is 5.60. The number of hydrogen-bond donors (Lipinski definition) is 1. The number of aryl methyl sites for hydroxylation is 1. The molecule has 2 fully saturated rings. The van der Waals surface area contributed by atoms with Gasteiger partial charge in [-0.05, 0) is 31.4 Å². The first-order valence-corrected chi connectivity index (χ1v) is 9.05. The fourth-order valence-electron chi connectivity index (χ4n) is 3.10. The highest BCUT2D eigenvalue weighted by Crippen LogP contribution is 2.39. The normalized spacial score (nSPS) is 22.5. The highest BCUT2D eigenvalue weighted by molar-refractivity contribution is 5.82. The van der Waals surface area contributed by atoms with Gasteiger partial charge in [-0.1, -0.05) is 24.6 Å². The molecule has 0 spiro atoms. The van der Waals surface area contributed by atoms with E-state index in [0.717, 1.165) is 12.2 Å². The molecular weight excluding hydrogens is 318 g/mol. The Balaban J connectivity index is 1.32. The van der Waals surface area contributed by atoms with Crippen molar-refractivity contribution in [3.8, 4) is 5.75 Å². The smallest absolute Gasteiger partial charge is 0.317 e. The zero-order valence-corrected chi connectivity index (χ0v) is 15.0. The second kappa shape index (κ2) is 7.76. The molecule has 3 rings (SSSR count). The van der Waals surface area contributed by atoms with Crippen LogP contribution in [0.5, 0.6) is 5.75 Å². The van der Waals surface area contributed by atoms with Crippen LogP contribution in [0.25, 0.3) is 0 Å². The average Bonchev–Trinajstić information content (AvgIpc) is 3.36. The van der Waals surface area contributed by atoms with Crippen molar-refractivity contribution in [1.29, 1.82) is 0 Å². The molecule has 2 atom stereocenters. The van der Waals surface area contributed by atoms with Gasteiger partial charge in [0.1, 0.15) is 12.4 Å². The van der Waals surface area contributed by atoms with Crippen molar-refractivity contribution in [3.05, 3.63) is 29.8 Å². The third kappa shape index (κ3) is 4.65. The maximum absolute atomic E-state index is 12.2. The fraction of sp³-hybridized carbons (Fsp3) is 0.579. The summed E-state index contributed by atoms with van der Waals surface area (Å²) in [5.41, 5.74) is 1.19. The molecular formula is C19H27N3O3. The van der Waals surface area contributed by atoms with Crippen LogP contribution in [-0.4, -0.2) is 61.1 Å². The Labute approximate surface area is 149 Å². The number of urea groups is 1. The number of carbonyl (C=O) groups is 2. The van der Waals surface area contributed by atoms with E-state index >= 15 is 0 Å². The minimum atomic E-state index is -0.0839. The molecule has 136 valence electrons. The van der Waals surface area contributed by atoms with E-state index in [1.54, 1.807) is 4.90 Å². The Bertz CT molecular complexity index is 609.